The fourth-order valence-corrected chi connectivity index (χ4v) is 3.81. The smallest absolute Gasteiger partial charge is 0.339 e. The van der Waals surface area contributed by atoms with E-state index in [9.17, 15) is 18.3 Å². The highest BCUT2D eigenvalue weighted by Gasteiger charge is 2.34. The fourth-order valence-electron chi connectivity index (χ4n) is 2.10. The van der Waals surface area contributed by atoms with E-state index < -0.39 is 22.1 Å². The molecule has 3 N–H and O–H groups in total. The molecule has 0 radical (unpaired) electrons. The summed E-state index contributed by atoms with van der Waals surface area (Å²) in [6.07, 6.45) is -0.317. The minimum Gasteiger partial charge on any atom is -0.465 e. The number of aliphatic hydroxyl groups excluding tert-OH is 1. The van der Waals surface area contributed by atoms with E-state index in [0.717, 1.165) is 4.31 Å². The number of anilines is 1. The average molecular weight is 300 g/mol. The number of carbonyl (C=O) groups excluding carboxylic acids is 1. The molecule has 0 aliphatic carbocycles. The Morgan fingerprint density at radius 1 is 1.50 bits per heavy atom. The molecule has 0 bridgehead atoms. The molecule has 1 atom stereocenters. The second-order valence-corrected chi connectivity index (χ2v) is 6.46. The van der Waals surface area contributed by atoms with Crippen molar-refractivity contribution in [3.63, 3.8) is 0 Å². The first kappa shape index (κ1) is 14.8. The van der Waals surface area contributed by atoms with Gasteiger partial charge in [-0.25, -0.2) is 13.2 Å². The van der Waals surface area contributed by atoms with Gasteiger partial charge in [-0.3, -0.25) is 0 Å². The molecule has 1 aliphatic rings. The van der Waals surface area contributed by atoms with Crippen LogP contribution in [0.3, 0.4) is 0 Å². The monoisotopic (exact) mass is 300 g/mol. The third-order valence-corrected chi connectivity index (χ3v) is 5.06. The lowest BCUT2D eigenvalue weighted by Crippen LogP contribution is -2.31. The molecule has 1 aliphatic heterocycles. The maximum absolute atomic E-state index is 12.5. The van der Waals surface area contributed by atoms with Crippen LogP contribution >= 0.6 is 0 Å². The Morgan fingerprint density at radius 3 is 2.75 bits per heavy atom. The molecule has 7 nitrogen and oxygen atoms in total. The number of nitrogens with zero attached hydrogens (tertiary/aromatic N) is 1. The Bertz CT molecular complexity index is 629. The summed E-state index contributed by atoms with van der Waals surface area (Å²) >= 11 is 0. The quantitative estimate of drug-likeness (QED) is 0.591. The molecule has 110 valence electrons. The van der Waals surface area contributed by atoms with Crippen molar-refractivity contribution in [2.45, 2.75) is 17.4 Å². The summed E-state index contributed by atoms with van der Waals surface area (Å²) in [7, 11) is -2.71. The number of hydrogen-bond donors (Lipinski definition) is 2. The van der Waals surface area contributed by atoms with Crippen LogP contribution in [-0.2, 0) is 14.8 Å². The van der Waals surface area contributed by atoms with Gasteiger partial charge in [0.15, 0.2) is 0 Å². The van der Waals surface area contributed by atoms with Crippen molar-refractivity contribution in [3.05, 3.63) is 23.8 Å². The van der Waals surface area contributed by atoms with Crippen LogP contribution in [0.2, 0.25) is 0 Å². The molecule has 0 spiro atoms. The van der Waals surface area contributed by atoms with Crippen molar-refractivity contribution in [1.82, 2.24) is 4.31 Å². The van der Waals surface area contributed by atoms with E-state index in [2.05, 4.69) is 4.74 Å². The van der Waals surface area contributed by atoms with Crippen LogP contribution in [-0.4, -0.2) is 50.1 Å². The second-order valence-electron chi connectivity index (χ2n) is 4.55. The zero-order valence-electron chi connectivity index (χ0n) is 10.9. The first-order valence-electron chi connectivity index (χ1n) is 6.02. The fraction of sp³-hybridized carbons (Fsp3) is 0.417. The molecule has 8 heteroatoms. The van der Waals surface area contributed by atoms with Gasteiger partial charge < -0.3 is 15.6 Å². The summed E-state index contributed by atoms with van der Waals surface area (Å²) < 4.78 is 30.8. The standard InChI is InChI=1S/C12H16N2O5S/c1-19-12(16)10-3-2-8(13)6-11(10)20(17,18)14-5-4-9(15)7-14/h2-3,6,9,15H,4-5,7,13H2,1H3/t9-/m0/s1. The van der Waals surface area contributed by atoms with E-state index in [0.29, 0.717) is 6.42 Å². The first-order chi connectivity index (χ1) is 9.36. The normalized spacial score (nSPS) is 20.0. The third kappa shape index (κ3) is 2.62. The number of methoxy groups -OCH3 is 1. The van der Waals surface area contributed by atoms with Gasteiger partial charge in [-0.1, -0.05) is 0 Å². The number of sulfonamides is 1. The molecule has 0 aromatic heterocycles. The summed E-state index contributed by atoms with van der Waals surface area (Å²) in [5, 5.41) is 9.47. The summed E-state index contributed by atoms with van der Waals surface area (Å²) in [4.78, 5) is 11.5. The topological polar surface area (TPSA) is 110 Å². The molecule has 0 amide bonds. The minimum absolute atomic E-state index is 0.0117. The van der Waals surface area contributed by atoms with E-state index >= 15 is 0 Å². The number of nitrogens with two attached hydrogens (primary N) is 1. The van der Waals surface area contributed by atoms with E-state index in [-0.39, 0.29) is 29.2 Å². The molecule has 0 unspecified atom stereocenters. The van der Waals surface area contributed by atoms with Crippen molar-refractivity contribution < 1.29 is 23.1 Å². The Labute approximate surface area is 117 Å². The average Bonchev–Trinajstić information content (AvgIpc) is 2.85. The van der Waals surface area contributed by atoms with Gasteiger partial charge in [-0.2, -0.15) is 4.31 Å². The molecular formula is C12H16N2O5S. The van der Waals surface area contributed by atoms with Crippen molar-refractivity contribution in [2.75, 3.05) is 25.9 Å². The molecule has 1 aromatic carbocycles. The number of rotatable bonds is 3. The number of hydrogen-bond acceptors (Lipinski definition) is 6. The number of ether oxygens (including phenoxy) is 1. The van der Waals surface area contributed by atoms with Crippen molar-refractivity contribution >= 4 is 21.7 Å². The lowest BCUT2D eigenvalue weighted by molar-refractivity contribution is 0.0596. The van der Waals surface area contributed by atoms with Crippen LogP contribution in [0.25, 0.3) is 0 Å². The van der Waals surface area contributed by atoms with Gasteiger partial charge in [-0.15, -0.1) is 0 Å². The number of β-amino-alcohol motifs (C(OH)–C–C–N with tert-alkyl or cyclic N) is 1. The first-order valence-corrected chi connectivity index (χ1v) is 7.46. The zero-order valence-corrected chi connectivity index (χ0v) is 11.8. The van der Waals surface area contributed by atoms with Gasteiger partial charge in [0.05, 0.1) is 23.7 Å². The second kappa shape index (κ2) is 5.39. The van der Waals surface area contributed by atoms with Crippen LogP contribution < -0.4 is 5.73 Å². The minimum atomic E-state index is -3.89. The van der Waals surface area contributed by atoms with Crippen LogP contribution in [0.4, 0.5) is 5.69 Å². The van der Waals surface area contributed by atoms with E-state index in [4.69, 9.17) is 5.73 Å². The predicted octanol–water partition coefficient (Wildman–Crippen LogP) is -0.189. The Morgan fingerprint density at radius 2 is 2.20 bits per heavy atom. The molecule has 2 rings (SSSR count). The van der Waals surface area contributed by atoms with Crippen molar-refractivity contribution in [3.8, 4) is 0 Å². The highest BCUT2D eigenvalue weighted by Crippen LogP contribution is 2.26. The van der Waals surface area contributed by atoms with Crippen LogP contribution in [0.15, 0.2) is 23.1 Å². The van der Waals surface area contributed by atoms with E-state index in [1.165, 1.54) is 25.3 Å². The maximum Gasteiger partial charge on any atom is 0.339 e. The SMILES string of the molecule is COC(=O)c1ccc(N)cc1S(=O)(=O)N1CC[C@H](O)C1. The summed E-state index contributed by atoms with van der Waals surface area (Å²) in [6, 6.07) is 3.98. The van der Waals surface area contributed by atoms with Gasteiger partial charge in [-0.05, 0) is 24.6 Å². The van der Waals surface area contributed by atoms with Gasteiger partial charge in [0, 0.05) is 18.8 Å². The molecule has 0 saturated carbocycles. The number of nitrogen functional groups attached to an aromatic ring is 1. The Kier molecular flexibility index (Phi) is 3.98. The molecule has 1 fully saturated rings. The lowest BCUT2D eigenvalue weighted by atomic mass is 10.2. The summed E-state index contributed by atoms with van der Waals surface area (Å²) in [5.74, 6) is -0.747. The zero-order chi connectivity index (χ0) is 14.9. The Hall–Kier alpha value is -1.64. The van der Waals surface area contributed by atoms with Crippen molar-refractivity contribution in [1.29, 1.82) is 0 Å². The molecule has 1 aromatic rings. The predicted molar refractivity (Wildman–Crippen MR) is 71.6 cm³/mol. The van der Waals surface area contributed by atoms with Gasteiger partial charge in [0.1, 0.15) is 0 Å². The number of benzene rings is 1. The van der Waals surface area contributed by atoms with Gasteiger partial charge >= 0.3 is 5.97 Å². The molecule has 1 saturated heterocycles. The lowest BCUT2D eigenvalue weighted by Gasteiger charge is -2.18. The van der Waals surface area contributed by atoms with Crippen molar-refractivity contribution in [2.24, 2.45) is 0 Å². The van der Waals surface area contributed by atoms with Crippen LogP contribution in [0.1, 0.15) is 16.8 Å². The number of carbonyl (C=O) groups is 1. The highest BCUT2D eigenvalue weighted by molar-refractivity contribution is 7.89. The van der Waals surface area contributed by atoms with Gasteiger partial charge in [0.25, 0.3) is 0 Å². The largest absolute Gasteiger partial charge is 0.465 e. The van der Waals surface area contributed by atoms with E-state index in [1.54, 1.807) is 0 Å². The highest BCUT2D eigenvalue weighted by atomic mass is 32.2. The van der Waals surface area contributed by atoms with E-state index in [1.807, 2.05) is 0 Å². The number of aliphatic hydroxyl groups is 1. The van der Waals surface area contributed by atoms with Crippen LogP contribution in [0.5, 0.6) is 0 Å². The summed E-state index contributed by atoms with van der Waals surface area (Å²) in [5.41, 5.74) is 5.77. The third-order valence-electron chi connectivity index (χ3n) is 3.15. The molecular weight excluding hydrogens is 284 g/mol. The Balaban J connectivity index is 2.50. The van der Waals surface area contributed by atoms with Crippen LogP contribution in [0, 0.1) is 0 Å². The molecule has 1 heterocycles. The molecule has 20 heavy (non-hydrogen) atoms. The summed E-state index contributed by atoms with van der Waals surface area (Å²) in [6.45, 7) is 0.219. The number of esters is 1. The maximum atomic E-state index is 12.5. The van der Waals surface area contributed by atoms with Gasteiger partial charge in [0.2, 0.25) is 10.0 Å².